The molecule has 22 heavy (non-hydrogen) atoms. The van der Waals surface area contributed by atoms with E-state index in [0.717, 1.165) is 62.3 Å². The highest BCUT2D eigenvalue weighted by Gasteiger charge is 2.47. The maximum atomic E-state index is 12.1. The van der Waals surface area contributed by atoms with Crippen molar-refractivity contribution in [3.63, 3.8) is 0 Å². The van der Waals surface area contributed by atoms with E-state index >= 15 is 0 Å². The van der Waals surface area contributed by atoms with Crippen molar-refractivity contribution in [2.45, 2.75) is 51.6 Å². The SMILES string of the molecule is Cc1noc(C)c1CN1CCCC2(CCCN2S(C)(=O)=O)C1. The third kappa shape index (κ3) is 2.81. The summed E-state index contributed by atoms with van der Waals surface area (Å²) >= 11 is 0. The van der Waals surface area contributed by atoms with Crippen LogP contribution in [0.25, 0.3) is 0 Å². The van der Waals surface area contributed by atoms with E-state index in [1.807, 2.05) is 13.8 Å². The molecule has 2 saturated heterocycles. The fourth-order valence-electron chi connectivity index (χ4n) is 4.13. The van der Waals surface area contributed by atoms with Crippen molar-refractivity contribution in [1.82, 2.24) is 14.4 Å². The number of likely N-dealkylation sites (tertiary alicyclic amines) is 1. The molecule has 1 atom stereocenters. The highest BCUT2D eigenvalue weighted by atomic mass is 32.2. The molecule has 7 heteroatoms. The molecule has 0 amide bonds. The van der Waals surface area contributed by atoms with Gasteiger partial charge in [-0.15, -0.1) is 0 Å². The molecule has 2 aliphatic rings. The average molecular weight is 327 g/mol. The largest absolute Gasteiger partial charge is 0.361 e. The molecular formula is C15H25N3O3S. The van der Waals surface area contributed by atoms with E-state index in [1.165, 1.54) is 6.26 Å². The van der Waals surface area contributed by atoms with Crippen LogP contribution in [-0.4, -0.2) is 54.2 Å². The van der Waals surface area contributed by atoms with Gasteiger partial charge in [0, 0.05) is 30.7 Å². The molecule has 2 aliphatic heterocycles. The highest BCUT2D eigenvalue weighted by Crippen LogP contribution is 2.39. The lowest BCUT2D eigenvalue weighted by Gasteiger charge is -2.44. The summed E-state index contributed by atoms with van der Waals surface area (Å²) in [5, 5.41) is 4.02. The number of rotatable bonds is 3. The van der Waals surface area contributed by atoms with E-state index in [9.17, 15) is 8.42 Å². The molecular weight excluding hydrogens is 302 g/mol. The van der Waals surface area contributed by atoms with Gasteiger partial charge in [-0.25, -0.2) is 8.42 Å². The Hall–Kier alpha value is -0.920. The molecule has 6 nitrogen and oxygen atoms in total. The molecule has 3 heterocycles. The average Bonchev–Trinajstić information content (AvgIpc) is 2.97. The summed E-state index contributed by atoms with van der Waals surface area (Å²) < 4.78 is 31.2. The maximum absolute atomic E-state index is 12.1. The van der Waals surface area contributed by atoms with Crippen LogP contribution in [0.5, 0.6) is 0 Å². The van der Waals surface area contributed by atoms with Gasteiger partial charge in [0.05, 0.1) is 11.9 Å². The van der Waals surface area contributed by atoms with Gasteiger partial charge in [0.2, 0.25) is 10.0 Å². The molecule has 0 aliphatic carbocycles. The second kappa shape index (κ2) is 5.62. The Morgan fingerprint density at radius 2 is 1.91 bits per heavy atom. The minimum atomic E-state index is -3.14. The molecule has 2 fully saturated rings. The zero-order valence-corrected chi connectivity index (χ0v) is 14.4. The lowest BCUT2D eigenvalue weighted by Crippen LogP contribution is -2.56. The molecule has 3 rings (SSSR count). The number of hydrogen-bond acceptors (Lipinski definition) is 5. The highest BCUT2D eigenvalue weighted by molar-refractivity contribution is 7.88. The second-order valence-corrected chi connectivity index (χ2v) is 8.69. The Balaban J connectivity index is 1.80. The molecule has 0 saturated carbocycles. The van der Waals surface area contributed by atoms with Gasteiger partial charge in [-0.05, 0) is 46.1 Å². The van der Waals surface area contributed by atoms with Crippen molar-refractivity contribution in [2.24, 2.45) is 0 Å². The maximum Gasteiger partial charge on any atom is 0.211 e. The fourth-order valence-corrected chi connectivity index (χ4v) is 5.54. The van der Waals surface area contributed by atoms with Gasteiger partial charge in [-0.2, -0.15) is 4.31 Å². The summed E-state index contributed by atoms with van der Waals surface area (Å²) in [5.74, 6) is 0.864. The van der Waals surface area contributed by atoms with E-state index in [2.05, 4.69) is 10.1 Å². The van der Waals surface area contributed by atoms with Gasteiger partial charge in [0.1, 0.15) is 5.76 Å². The number of sulfonamides is 1. The molecule has 124 valence electrons. The number of aryl methyl sites for hydroxylation is 2. The van der Waals surface area contributed by atoms with Crippen LogP contribution in [0.4, 0.5) is 0 Å². The van der Waals surface area contributed by atoms with Crippen LogP contribution >= 0.6 is 0 Å². The van der Waals surface area contributed by atoms with Crippen molar-refractivity contribution in [3.8, 4) is 0 Å². The van der Waals surface area contributed by atoms with Gasteiger partial charge in [-0.3, -0.25) is 4.90 Å². The van der Waals surface area contributed by atoms with E-state index in [1.54, 1.807) is 4.31 Å². The summed E-state index contributed by atoms with van der Waals surface area (Å²) in [6, 6.07) is 0. The predicted octanol–water partition coefficient (Wildman–Crippen LogP) is 1.68. The van der Waals surface area contributed by atoms with Gasteiger partial charge >= 0.3 is 0 Å². The van der Waals surface area contributed by atoms with E-state index in [4.69, 9.17) is 4.52 Å². The summed E-state index contributed by atoms with van der Waals surface area (Å²) in [5.41, 5.74) is 1.87. The van der Waals surface area contributed by atoms with Crippen molar-refractivity contribution in [1.29, 1.82) is 0 Å². The molecule has 1 unspecified atom stereocenters. The Morgan fingerprint density at radius 3 is 2.50 bits per heavy atom. The van der Waals surface area contributed by atoms with Crippen molar-refractivity contribution in [3.05, 3.63) is 17.0 Å². The summed E-state index contributed by atoms with van der Waals surface area (Å²) in [6.45, 7) is 7.17. The van der Waals surface area contributed by atoms with Gasteiger partial charge in [0.25, 0.3) is 0 Å². The molecule has 0 radical (unpaired) electrons. The number of aromatic nitrogens is 1. The number of nitrogens with zero attached hydrogens (tertiary/aromatic N) is 3. The van der Waals surface area contributed by atoms with Crippen LogP contribution in [0, 0.1) is 13.8 Å². The van der Waals surface area contributed by atoms with Crippen molar-refractivity contribution >= 4 is 10.0 Å². The van der Waals surface area contributed by atoms with E-state index in [-0.39, 0.29) is 5.54 Å². The zero-order chi connectivity index (χ0) is 16.0. The first-order valence-electron chi connectivity index (χ1n) is 7.94. The Bertz CT molecular complexity index is 635. The van der Waals surface area contributed by atoms with Crippen LogP contribution in [0.2, 0.25) is 0 Å². The lowest BCUT2D eigenvalue weighted by atomic mass is 9.87. The monoisotopic (exact) mass is 327 g/mol. The molecule has 0 N–H and O–H groups in total. The quantitative estimate of drug-likeness (QED) is 0.845. The van der Waals surface area contributed by atoms with Crippen molar-refractivity contribution in [2.75, 3.05) is 25.9 Å². The normalized spacial score (nSPS) is 27.8. The predicted molar refractivity (Wildman–Crippen MR) is 84.0 cm³/mol. The number of piperidine rings is 1. The first-order chi connectivity index (χ1) is 10.3. The molecule has 0 aromatic carbocycles. The first-order valence-corrected chi connectivity index (χ1v) is 9.79. The number of hydrogen-bond donors (Lipinski definition) is 0. The molecule has 1 aromatic heterocycles. The van der Waals surface area contributed by atoms with Gasteiger partial charge in [-0.1, -0.05) is 5.16 Å². The molecule has 0 bridgehead atoms. The smallest absolute Gasteiger partial charge is 0.211 e. The van der Waals surface area contributed by atoms with Crippen LogP contribution in [0.15, 0.2) is 4.52 Å². The van der Waals surface area contributed by atoms with Crippen LogP contribution in [0.3, 0.4) is 0 Å². The van der Waals surface area contributed by atoms with E-state index in [0.29, 0.717) is 6.54 Å². The Labute approximate surface area is 132 Å². The fraction of sp³-hybridized carbons (Fsp3) is 0.800. The topological polar surface area (TPSA) is 66.7 Å². The summed E-state index contributed by atoms with van der Waals surface area (Å²) in [4.78, 5) is 2.36. The second-order valence-electron chi connectivity index (χ2n) is 6.78. The Morgan fingerprint density at radius 1 is 1.23 bits per heavy atom. The van der Waals surface area contributed by atoms with Crippen LogP contribution in [-0.2, 0) is 16.6 Å². The summed E-state index contributed by atoms with van der Waals surface area (Å²) in [7, 11) is -3.14. The van der Waals surface area contributed by atoms with Crippen LogP contribution < -0.4 is 0 Å². The molecule has 1 aromatic rings. The minimum Gasteiger partial charge on any atom is -0.361 e. The minimum absolute atomic E-state index is 0.204. The standard InChI is InChI=1S/C15H25N3O3S/c1-12-14(13(2)21-16-12)10-17-8-4-6-15(11-17)7-5-9-18(15)22(3,19)20/h4-11H2,1-3H3. The zero-order valence-electron chi connectivity index (χ0n) is 13.6. The van der Waals surface area contributed by atoms with E-state index < -0.39 is 10.0 Å². The summed E-state index contributed by atoms with van der Waals surface area (Å²) in [6.07, 6.45) is 5.28. The third-order valence-corrected chi connectivity index (χ3v) is 6.50. The third-order valence-electron chi connectivity index (χ3n) is 5.13. The molecule has 1 spiro atoms. The van der Waals surface area contributed by atoms with Crippen LogP contribution in [0.1, 0.15) is 42.7 Å². The first kappa shape index (κ1) is 16.0. The Kier molecular flexibility index (Phi) is 4.07. The lowest BCUT2D eigenvalue weighted by molar-refractivity contribution is 0.0837. The van der Waals surface area contributed by atoms with Crippen molar-refractivity contribution < 1.29 is 12.9 Å². The van der Waals surface area contributed by atoms with Gasteiger partial charge in [0.15, 0.2) is 0 Å². The van der Waals surface area contributed by atoms with Gasteiger partial charge < -0.3 is 4.52 Å².